The van der Waals surface area contributed by atoms with Gasteiger partial charge < -0.3 is 26.0 Å². The van der Waals surface area contributed by atoms with E-state index in [1.165, 1.54) is 20.1 Å². The Balaban J connectivity index is 1.82. The number of amides is 4. The molecule has 10 nitrogen and oxygen atoms in total. The predicted octanol–water partition coefficient (Wildman–Crippen LogP) is 1.54. The quantitative estimate of drug-likeness (QED) is 0.191. The molecule has 2 aliphatic heterocycles. The maximum absolute atomic E-state index is 13.2. The Bertz CT molecular complexity index is 1110. The van der Waals surface area contributed by atoms with Gasteiger partial charge in [0.15, 0.2) is 0 Å². The fourth-order valence-electron chi connectivity index (χ4n) is 4.29. The number of primary amides is 1. The summed E-state index contributed by atoms with van der Waals surface area (Å²) in [6, 6.07) is 5.36. The van der Waals surface area contributed by atoms with Crippen LogP contribution in [0.5, 0.6) is 0 Å². The fraction of sp³-hybridized carbons (Fsp3) is 0.375. The number of hydrogen-bond acceptors (Lipinski definition) is 6. The molecule has 1 fully saturated rings. The molecule has 0 aromatic heterocycles. The largest absolute Gasteiger partial charge is 0.480 e. The van der Waals surface area contributed by atoms with Crippen LogP contribution in [0.1, 0.15) is 43.9 Å². The van der Waals surface area contributed by atoms with Gasteiger partial charge in [-0.3, -0.25) is 19.2 Å². The number of nitrogens with zero attached hydrogens (tertiary/aromatic N) is 2. The zero-order valence-corrected chi connectivity index (χ0v) is 19.5. The Morgan fingerprint density at radius 1 is 1.32 bits per heavy atom. The number of nitrogens with one attached hydrogen (secondary N) is 2. The third-order valence-corrected chi connectivity index (χ3v) is 5.92. The third-order valence-electron chi connectivity index (χ3n) is 5.92. The summed E-state index contributed by atoms with van der Waals surface area (Å²) in [5.74, 6) is -2.26. The Morgan fingerprint density at radius 2 is 2.06 bits per heavy atom. The number of likely N-dealkylation sites (tertiary alicyclic amines) is 1. The molecule has 0 bridgehead atoms. The van der Waals surface area contributed by atoms with E-state index >= 15 is 0 Å². The SMILES string of the molecule is C=N/C(OC)=C(\C=C(/C)NC(=O)C(=O)N1C[C@H](C)CC[C@H]1c1ccc2c(c1)CC(=O)N2)C(N)=O. The summed E-state index contributed by atoms with van der Waals surface area (Å²) in [4.78, 5) is 54.6. The average Bonchev–Trinajstić information content (AvgIpc) is 3.17. The molecule has 2 aliphatic rings. The van der Waals surface area contributed by atoms with E-state index < -0.39 is 17.7 Å². The summed E-state index contributed by atoms with van der Waals surface area (Å²) >= 11 is 0. The molecule has 0 saturated carbocycles. The maximum atomic E-state index is 13.2. The lowest BCUT2D eigenvalue weighted by molar-refractivity contribution is -0.148. The second-order valence-electron chi connectivity index (χ2n) is 8.52. The lowest BCUT2D eigenvalue weighted by Crippen LogP contribution is -2.48. The van der Waals surface area contributed by atoms with E-state index in [0.29, 0.717) is 19.4 Å². The van der Waals surface area contributed by atoms with Crippen LogP contribution >= 0.6 is 0 Å². The number of methoxy groups -OCH3 is 1. The van der Waals surface area contributed by atoms with Gasteiger partial charge in [0, 0.05) is 17.9 Å². The predicted molar refractivity (Wildman–Crippen MR) is 126 cm³/mol. The Labute approximate surface area is 197 Å². The summed E-state index contributed by atoms with van der Waals surface area (Å²) in [7, 11) is 1.31. The number of aliphatic imine (C=N–C) groups is 1. The molecule has 2 heterocycles. The molecular formula is C24H29N5O5. The molecule has 0 aliphatic carbocycles. The van der Waals surface area contributed by atoms with Gasteiger partial charge in [-0.05, 0) is 55.7 Å². The molecule has 1 saturated heterocycles. The molecule has 0 spiro atoms. The Morgan fingerprint density at radius 3 is 2.71 bits per heavy atom. The van der Waals surface area contributed by atoms with Gasteiger partial charge in [-0.25, -0.2) is 4.99 Å². The van der Waals surface area contributed by atoms with Crippen molar-refractivity contribution in [2.24, 2.45) is 16.6 Å². The number of fused-ring (bicyclic) bond motifs is 1. The number of carbonyl (C=O) groups is 4. The molecule has 3 rings (SSSR count). The summed E-state index contributed by atoms with van der Waals surface area (Å²) in [5.41, 5.74) is 8.04. The maximum Gasteiger partial charge on any atom is 0.313 e. The number of ether oxygens (including phenoxy) is 1. The van der Waals surface area contributed by atoms with Crippen LogP contribution in [0.3, 0.4) is 0 Å². The van der Waals surface area contributed by atoms with Crippen molar-refractivity contribution >= 4 is 36.0 Å². The Kier molecular flexibility index (Phi) is 7.50. The van der Waals surface area contributed by atoms with Gasteiger partial charge in [-0.1, -0.05) is 19.1 Å². The lowest BCUT2D eigenvalue weighted by atomic mass is 9.89. The molecule has 1 aromatic rings. The van der Waals surface area contributed by atoms with E-state index in [-0.39, 0.29) is 35.0 Å². The topological polar surface area (TPSA) is 143 Å². The van der Waals surface area contributed by atoms with Gasteiger partial charge in [0.25, 0.3) is 5.91 Å². The van der Waals surface area contributed by atoms with Gasteiger partial charge in [0.1, 0.15) is 5.57 Å². The van der Waals surface area contributed by atoms with Gasteiger partial charge in [-0.2, -0.15) is 0 Å². The van der Waals surface area contributed by atoms with Crippen LogP contribution < -0.4 is 16.4 Å². The van der Waals surface area contributed by atoms with Gasteiger partial charge in [0.2, 0.25) is 11.8 Å². The summed E-state index contributed by atoms with van der Waals surface area (Å²) in [5, 5.41) is 5.32. The van der Waals surface area contributed by atoms with Crippen molar-refractivity contribution in [2.45, 2.75) is 39.2 Å². The van der Waals surface area contributed by atoms with Crippen molar-refractivity contribution < 1.29 is 23.9 Å². The van der Waals surface area contributed by atoms with Crippen molar-refractivity contribution in [3.63, 3.8) is 0 Å². The van der Waals surface area contributed by atoms with Crippen LogP contribution in [0.2, 0.25) is 0 Å². The second kappa shape index (κ2) is 10.3. The molecule has 1 aromatic carbocycles. The zero-order valence-electron chi connectivity index (χ0n) is 19.5. The van der Waals surface area contributed by atoms with Crippen molar-refractivity contribution in [1.29, 1.82) is 0 Å². The van der Waals surface area contributed by atoms with Crippen LogP contribution in [0.25, 0.3) is 0 Å². The van der Waals surface area contributed by atoms with Crippen molar-refractivity contribution in [2.75, 3.05) is 19.0 Å². The number of nitrogens with two attached hydrogens (primary N) is 1. The number of allylic oxidation sites excluding steroid dienone is 1. The van der Waals surface area contributed by atoms with Crippen LogP contribution in [0.4, 0.5) is 5.69 Å². The first-order valence-corrected chi connectivity index (χ1v) is 10.9. The Hall–Kier alpha value is -3.95. The molecule has 34 heavy (non-hydrogen) atoms. The van der Waals surface area contributed by atoms with E-state index in [9.17, 15) is 19.2 Å². The van der Waals surface area contributed by atoms with Crippen molar-refractivity contribution in [3.05, 3.63) is 52.6 Å². The zero-order chi connectivity index (χ0) is 25.0. The van der Waals surface area contributed by atoms with E-state index in [4.69, 9.17) is 10.5 Å². The van der Waals surface area contributed by atoms with Crippen LogP contribution in [0.15, 0.2) is 46.4 Å². The minimum absolute atomic E-state index is 0.0633. The van der Waals surface area contributed by atoms with Crippen LogP contribution in [-0.2, 0) is 30.3 Å². The highest BCUT2D eigenvalue weighted by molar-refractivity contribution is 6.35. The van der Waals surface area contributed by atoms with Gasteiger partial charge in [-0.15, -0.1) is 0 Å². The highest BCUT2D eigenvalue weighted by Crippen LogP contribution is 2.36. The first-order valence-electron chi connectivity index (χ1n) is 10.9. The minimum atomic E-state index is -0.833. The first kappa shape index (κ1) is 24.7. The summed E-state index contributed by atoms with van der Waals surface area (Å²) in [6.07, 6.45) is 3.18. The standard InChI is InChI=1S/C24H29N5O5/c1-13-5-8-19(15-6-7-18-16(10-15)11-20(30)28-18)29(12-13)24(33)22(32)27-14(2)9-17(21(25)31)23(26-3)34-4/h6-7,9-10,13,19H,3,5,8,11-12H2,1-2,4H3,(H2,25,31)(H,27,32)(H,28,30)/b14-9+,23-17-/t13-,19+/m1/s1. The molecular weight excluding hydrogens is 438 g/mol. The number of piperidine rings is 1. The molecule has 2 atom stereocenters. The van der Waals surface area contributed by atoms with Crippen LogP contribution in [0, 0.1) is 5.92 Å². The molecule has 180 valence electrons. The third kappa shape index (κ3) is 5.33. The monoisotopic (exact) mass is 467 g/mol. The number of anilines is 1. The summed E-state index contributed by atoms with van der Waals surface area (Å²) < 4.78 is 4.98. The smallest absolute Gasteiger partial charge is 0.313 e. The molecule has 4 amide bonds. The molecule has 4 N–H and O–H groups in total. The number of benzene rings is 1. The number of hydrogen-bond donors (Lipinski definition) is 3. The number of carbonyl (C=O) groups excluding carboxylic acids is 4. The molecule has 0 radical (unpaired) electrons. The van der Waals surface area contributed by atoms with Crippen molar-refractivity contribution in [3.8, 4) is 0 Å². The van der Waals surface area contributed by atoms with Crippen molar-refractivity contribution in [1.82, 2.24) is 10.2 Å². The fourth-order valence-corrected chi connectivity index (χ4v) is 4.29. The highest BCUT2D eigenvalue weighted by atomic mass is 16.5. The first-order chi connectivity index (χ1) is 16.1. The second-order valence-corrected chi connectivity index (χ2v) is 8.52. The minimum Gasteiger partial charge on any atom is -0.480 e. The van der Waals surface area contributed by atoms with Gasteiger partial charge in [0.05, 0.1) is 19.6 Å². The van der Waals surface area contributed by atoms with E-state index in [0.717, 1.165) is 23.2 Å². The highest BCUT2D eigenvalue weighted by Gasteiger charge is 2.35. The summed E-state index contributed by atoms with van der Waals surface area (Å²) in [6.45, 7) is 7.30. The lowest BCUT2D eigenvalue weighted by Gasteiger charge is -2.38. The van der Waals surface area contributed by atoms with Gasteiger partial charge >= 0.3 is 11.8 Å². The van der Waals surface area contributed by atoms with Crippen LogP contribution in [-0.4, -0.2) is 48.9 Å². The van der Waals surface area contributed by atoms with E-state index in [1.807, 2.05) is 25.1 Å². The molecule has 0 unspecified atom stereocenters. The van der Waals surface area contributed by atoms with E-state index in [1.54, 1.807) is 4.90 Å². The molecule has 10 heteroatoms. The van der Waals surface area contributed by atoms with E-state index in [2.05, 4.69) is 22.3 Å². The average molecular weight is 468 g/mol. The normalized spacial score (nSPS) is 20.6. The number of rotatable bonds is 6.